The van der Waals surface area contributed by atoms with E-state index in [-0.39, 0.29) is 24.5 Å². The monoisotopic (exact) mass is 484 g/mol. The van der Waals surface area contributed by atoms with Gasteiger partial charge in [0.15, 0.2) is 0 Å². The van der Waals surface area contributed by atoms with Crippen molar-refractivity contribution in [1.82, 2.24) is 24.6 Å². The average molecular weight is 485 g/mol. The molecule has 0 atom stereocenters. The summed E-state index contributed by atoms with van der Waals surface area (Å²) < 4.78 is 2.71. The molecule has 0 unspecified atom stereocenters. The van der Waals surface area contributed by atoms with Crippen LogP contribution in [0.15, 0.2) is 64.8 Å². The van der Waals surface area contributed by atoms with E-state index in [0.717, 1.165) is 33.2 Å². The van der Waals surface area contributed by atoms with Crippen LogP contribution >= 0.6 is 0 Å². The number of aliphatic carboxylic acids is 1. The van der Waals surface area contributed by atoms with Crippen molar-refractivity contribution in [3.63, 3.8) is 0 Å². The number of nitrogens with zero attached hydrogens (tertiary/aromatic N) is 5. The van der Waals surface area contributed by atoms with Gasteiger partial charge in [0.2, 0.25) is 11.7 Å². The summed E-state index contributed by atoms with van der Waals surface area (Å²) in [5.41, 5.74) is 7.48. The second kappa shape index (κ2) is 9.57. The van der Waals surface area contributed by atoms with Crippen LogP contribution < -0.4 is 11.0 Å². The third-order valence-electron chi connectivity index (χ3n) is 6.16. The predicted octanol–water partition coefficient (Wildman–Crippen LogP) is 2.41. The number of nitrogens with one attached hydrogen (secondary N) is 1. The predicted molar refractivity (Wildman–Crippen MR) is 133 cm³/mol. The molecule has 0 spiro atoms. The van der Waals surface area contributed by atoms with Gasteiger partial charge in [-0.3, -0.25) is 19.0 Å². The Morgan fingerprint density at radius 2 is 1.92 bits per heavy atom. The summed E-state index contributed by atoms with van der Waals surface area (Å²) >= 11 is 0. The van der Waals surface area contributed by atoms with Crippen molar-refractivity contribution in [2.24, 2.45) is 5.10 Å². The van der Waals surface area contributed by atoms with Crippen LogP contribution in [0.25, 0.3) is 16.9 Å². The highest BCUT2D eigenvalue weighted by atomic mass is 16.4. The van der Waals surface area contributed by atoms with Crippen LogP contribution in [0.5, 0.6) is 0 Å². The largest absolute Gasteiger partial charge is 0.480 e. The Morgan fingerprint density at radius 1 is 1.11 bits per heavy atom. The first-order valence-corrected chi connectivity index (χ1v) is 11.7. The Labute approximate surface area is 205 Å². The maximum Gasteiger partial charge on any atom is 0.323 e. The van der Waals surface area contributed by atoms with Crippen LogP contribution in [0.4, 0.5) is 0 Å². The van der Waals surface area contributed by atoms with Crippen LogP contribution in [-0.4, -0.2) is 41.9 Å². The Balaban J connectivity index is 1.65. The Kier molecular flexibility index (Phi) is 6.16. The molecule has 1 aliphatic rings. The van der Waals surface area contributed by atoms with E-state index in [1.165, 1.54) is 6.33 Å². The first-order valence-electron chi connectivity index (χ1n) is 11.7. The van der Waals surface area contributed by atoms with Gasteiger partial charge in [-0.2, -0.15) is 15.2 Å². The molecule has 0 saturated heterocycles. The number of aromatic nitrogens is 4. The molecule has 5 rings (SSSR count). The van der Waals surface area contributed by atoms with Gasteiger partial charge in [0.05, 0.1) is 17.8 Å². The number of carboxylic acid groups (broad SMARTS) is 1. The number of hydrogen-bond acceptors (Lipinski definition) is 6. The summed E-state index contributed by atoms with van der Waals surface area (Å²) in [5.74, 6) is -1.10. The lowest BCUT2D eigenvalue weighted by molar-refractivity contribution is -0.137. The van der Waals surface area contributed by atoms with Crippen LogP contribution in [0.2, 0.25) is 0 Å². The molecule has 10 nitrogen and oxygen atoms in total. The minimum Gasteiger partial charge on any atom is -0.480 e. The molecule has 0 radical (unpaired) electrons. The van der Waals surface area contributed by atoms with E-state index in [1.807, 2.05) is 55.5 Å². The number of rotatable bonds is 8. The van der Waals surface area contributed by atoms with Gasteiger partial charge in [-0.15, -0.1) is 0 Å². The molecule has 0 bridgehead atoms. The zero-order valence-corrected chi connectivity index (χ0v) is 19.6. The smallest absolute Gasteiger partial charge is 0.323 e. The van der Waals surface area contributed by atoms with Crippen LogP contribution in [0.3, 0.4) is 0 Å². The first-order chi connectivity index (χ1) is 17.5. The van der Waals surface area contributed by atoms with Crippen molar-refractivity contribution in [3.05, 3.63) is 87.6 Å². The molecule has 2 N–H and O–H groups in total. The molecule has 0 saturated carbocycles. The number of fused-ring (bicyclic) bond motifs is 1. The van der Waals surface area contributed by atoms with E-state index in [9.17, 15) is 19.5 Å². The van der Waals surface area contributed by atoms with E-state index < -0.39 is 18.1 Å². The van der Waals surface area contributed by atoms with E-state index in [4.69, 9.17) is 0 Å². The van der Waals surface area contributed by atoms with E-state index >= 15 is 0 Å². The van der Waals surface area contributed by atoms with Gasteiger partial charge in [-0.25, -0.2) is 9.94 Å². The zero-order chi connectivity index (χ0) is 25.2. The highest BCUT2D eigenvalue weighted by Gasteiger charge is 2.23. The second-order valence-electron chi connectivity index (χ2n) is 8.63. The fourth-order valence-corrected chi connectivity index (χ4v) is 4.59. The average Bonchev–Trinajstić information content (AvgIpc) is 3.53. The number of benzene rings is 2. The number of amides is 1. The topological polar surface area (TPSA) is 131 Å². The highest BCUT2D eigenvalue weighted by molar-refractivity contribution is 6.16. The van der Waals surface area contributed by atoms with Crippen LogP contribution in [-0.2, 0) is 29.0 Å². The molecule has 0 fully saturated rings. The number of carbonyl (C=O) groups is 2. The molecule has 36 heavy (non-hydrogen) atoms. The van der Waals surface area contributed by atoms with Crippen molar-refractivity contribution >= 4 is 23.4 Å². The molecule has 10 heteroatoms. The lowest BCUT2D eigenvalue weighted by Gasteiger charge is -2.16. The fraction of sp³-hybridized carbons (Fsp3) is 0.231. The summed E-state index contributed by atoms with van der Waals surface area (Å²) in [7, 11) is 0. The molecule has 1 amide bonds. The Morgan fingerprint density at radius 3 is 2.61 bits per heavy atom. The molecule has 2 aromatic heterocycles. The second-order valence-corrected chi connectivity index (χ2v) is 8.63. The Bertz CT molecular complexity index is 1570. The summed E-state index contributed by atoms with van der Waals surface area (Å²) in [6.45, 7) is 1.49. The Hall–Kier alpha value is -4.60. The van der Waals surface area contributed by atoms with Crippen LogP contribution in [0.1, 0.15) is 42.1 Å². The number of carbonyl (C=O) groups excluding carboxylic acids is 1. The molecule has 4 aromatic rings. The van der Waals surface area contributed by atoms with Gasteiger partial charge in [0.1, 0.15) is 12.9 Å². The minimum absolute atomic E-state index is 0.167. The van der Waals surface area contributed by atoms with Gasteiger partial charge in [-0.05, 0) is 29.2 Å². The maximum atomic E-state index is 13.5. The molecule has 0 aliphatic carbocycles. The summed E-state index contributed by atoms with van der Waals surface area (Å²) in [5, 5.41) is 17.9. The standard InChI is InChI=1S/C26H24N6O4/c1-2-6-22-20(25(36)31(14-24(34)35)26-27-15-28-32(22)26)12-16-9-10-18(17-7-4-3-5-8-17)19(11-16)21-13-23(33)30-29-21/h3-5,7-11,15H,2,6,12-14H2,1H3,(H,30,33)(H,34,35). The maximum absolute atomic E-state index is 13.5. The normalized spacial score (nSPS) is 13.1. The molecular weight excluding hydrogens is 460 g/mol. The van der Waals surface area contributed by atoms with Crippen molar-refractivity contribution < 1.29 is 14.7 Å². The highest BCUT2D eigenvalue weighted by Crippen LogP contribution is 2.28. The van der Waals surface area contributed by atoms with Crippen molar-refractivity contribution in [3.8, 4) is 11.1 Å². The van der Waals surface area contributed by atoms with Crippen molar-refractivity contribution in [2.45, 2.75) is 39.2 Å². The summed E-state index contributed by atoms with van der Waals surface area (Å²) in [6, 6.07) is 15.7. The van der Waals surface area contributed by atoms with Gasteiger partial charge in [0, 0.05) is 17.5 Å². The fourth-order valence-electron chi connectivity index (χ4n) is 4.59. The van der Waals surface area contributed by atoms with Gasteiger partial charge >= 0.3 is 5.97 Å². The molecular formula is C26H24N6O4. The molecule has 3 heterocycles. The van der Waals surface area contributed by atoms with E-state index in [0.29, 0.717) is 23.4 Å². The summed E-state index contributed by atoms with van der Waals surface area (Å²) in [4.78, 5) is 41.1. The van der Waals surface area contributed by atoms with Gasteiger partial charge in [-0.1, -0.05) is 55.8 Å². The van der Waals surface area contributed by atoms with E-state index in [1.54, 1.807) is 4.52 Å². The SMILES string of the molecule is CCCc1c(Cc2ccc(-c3ccccc3)c(C3=NNC(=O)C3)c2)c(=O)n(CC(=O)O)c2ncnn12. The van der Waals surface area contributed by atoms with E-state index in [2.05, 4.69) is 20.6 Å². The molecule has 182 valence electrons. The number of aryl methyl sites for hydroxylation is 1. The van der Waals surface area contributed by atoms with Crippen molar-refractivity contribution in [1.29, 1.82) is 0 Å². The third-order valence-corrected chi connectivity index (χ3v) is 6.16. The lowest BCUT2D eigenvalue weighted by Crippen LogP contribution is -2.31. The van der Waals surface area contributed by atoms with Gasteiger partial charge in [0.25, 0.3) is 5.56 Å². The lowest BCUT2D eigenvalue weighted by atomic mass is 9.91. The quantitative estimate of drug-likeness (QED) is 0.395. The summed E-state index contributed by atoms with van der Waals surface area (Å²) in [6.07, 6.45) is 3.11. The number of hydrazone groups is 1. The minimum atomic E-state index is -1.14. The van der Waals surface area contributed by atoms with Crippen LogP contribution in [0, 0.1) is 0 Å². The van der Waals surface area contributed by atoms with Crippen molar-refractivity contribution in [2.75, 3.05) is 0 Å². The number of hydrogen-bond donors (Lipinski definition) is 2. The molecule has 2 aromatic carbocycles. The van der Waals surface area contributed by atoms with Gasteiger partial charge < -0.3 is 5.11 Å². The third kappa shape index (κ3) is 4.28. The molecule has 1 aliphatic heterocycles. The number of carboxylic acids is 1. The first kappa shape index (κ1) is 23.2. The zero-order valence-electron chi connectivity index (χ0n) is 19.6.